The van der Waals surface area contributed by atoms with Crippen LogP contribution in [0.2, 0.25) is 0 Å². The molecule has 3 aromatic carbocycles. The summed E-state index contributed by atoms with van der Waals surface area (Å²) in [6.45, 7) is 0. The van der Waals surface area contributed by atoms with Crippen molar-refractivity contribution in [2.24, 2.45) is 0 Å². The van der Waals surface area contributed by atoms with Gasteiger partial charge in [0.15, 0.2) is 0 Å². The predicted molar refractivity (Wildman–Crippen MR) is 104 cm³/mol. The van der Waals surface area contributed by atoms with Crippen LogP contribution in [-0.4, -0.2) is 8.42 Å². The highest BCUT2D eigenvalue weighted by Crippen LogP contribution is 2.31. The minimum Gasteiger partial charge on any atom is -0.224 e. The molecule has 4 nitrogen and oxygen atoms in total. The van der Waals surface area contributed by atoms with Crippen LogP contribution in [0.15, 0.2) is 89.8 Å². The Kier molecular flexibility index (Phi) is 6.23. The van der Waals surface area contributed by atoms with E-state index in [2.05, 4.69) is 9.56 Å². The normalized spacial score (nSPS) is 13.9. The van der Waals surface area contributed by atoms with Gasteiger partial charge in [0.2, 0.25) is 10.0 Å². The van der Waals surface area contributed by atoms with Crippen molar-refractivity contribution in [3.05, 3.63) is 102 Å². The highest BCUT2D eigenvalue weighted by atomic mass is 35.5. The second-order valence-corrected chi connectivity index (χ2v) is 7.89. The van der Waals surface area contributed by atoms with E-state index in [0.717, 1.165) is 23.3 Å². The summed E-state index contributed by atoms with van der Waals surface area (Å²) in [4.78, 5) is 2.66. The fourth-order valence-corrected chi connectivity index (χ4v) is 4.31. The summed E-state index contributed by atoms with van der Waals surface area (Å²) in [5.74, 6) is -0.502. The number of halogens is 2. The summed E-state index contributed by atoms with van der Waals surface area (Å²) in [6.07, 6.45) is 0. The van der Waals surface area contributed by atoms with Gasteiger partial charge < -0.3 is 0 Å². The second-order valence-electron chi connectivity index (χ2n) is 5.96. The first-order chi connectivity index (χ1) is 13.0. The number of rotatable bonds is 7. The Hall–Kier alpha value is -2.25. The average Bonchev–Trinajstić information content (AvgIpc) is 2.69. The van der Waals surface area contributed by atoms with E-state index in [1.807, 2.05) is 60.7 Å². The number of nitrogens with one attached hydrogen (secondary N) is 2. The molecule has 2 atom stereocenters. The largest absolute Gasteiger partial charge is 0.241 e. The Labute approximate surface area is 163 Å². The summed E-state index contributed by atoms with van der Waals surface area (Å²) in [6, 6.07) is 21.9. The van der Waals surface area contributed by atoms with Crippen molar-refractivity contribution in [2.45, 2.75) is 17.0 Å². The number of hydrogen-bond donors (Lipinski definition) is 2. The highest BCUT2D eigenvalue weighted by molar-refractivity contribution is 7.89. The van der Waals surface area contributed by atoms with Gasteiger partial charge in [0.05, 0.1) is 17.0 Å². The fraction of sp³-hybridized carbons (Fsp3) is 0.100. The third-order valence-corrected chi connectivity index (χ3v) is 5.87. The number of sulfonamides is 1. The molecule has 0 aliphatic rings. The van der Waals surface area contributed by atoms with E-state index >= 15 is 0 Å². The van der Waals surface area contributed by atoms with Crippen molar-refractivity contribution >= 4 is 21.8 Å². The Balaban J connectivity index is 2.01. The topological polar surface area (TPSA) is 58.2 Å². The van der Waals surface area contributed by atoms with Crippen LogP contribution in [0, 0.1) is 5.82 Å². The first-order valence-electron chi connectivity index (χ1n) is 8.25. The van der Waals surface area contributed by atoms with Crippen LogP contribution >= 0.6 is 11.8 Å². The van der Waals surface area contributed by atoms with E-state index in [1.165, 1.54) is 12.1 Å². The van der Waals surface area contributed by atoms with Gasteiger partial charge in [0, 0.05) is 0 Å². The molecule has 0 amide bonds. The van der Waals surface area contributed by atoms with Gasteiger partial charge in [-0.25, -0.2) is 22.4 Å². The SMILES string of the molecule is O=S(=O)(N[C@@H](c1ccccc1)[C@@H](NCl)c1ccccc1)c1ccc(F)cc1. The third kappa shape index (κ3) is 4.73. The lowest BCUT2D eigenvalue weighted by Crippen LogP contribution is -2.36. The highest BCUT2D eigenvalue weighted by Gasteiger charge is 2.29. The predicted octanol–water partition coefficient (Wildman–Crippen LogP) is 4.33. The molecule has 2 N–H and O–H groups in total. The standard InChI is InChI=1S/C20H18ClFN2O2S/c21-23-19(15-7-3-1-4-8-15)20(16-9-5-2-6-10-16)24-27(25,26)18-13-11-17(22)12-14-18/h1-14,19-20,23-24H/t19-,20-/m0/s1. The summed E-state index contributed by atoms with van der Waals surface area (Å²) in [7, 11) is -3.90. The molecule has 0 radical (unpaired) electrons. The molecule has 0 unspecified atom stereocenters. The van der Waals surface area contributed by atoms with Crippen LogP contribution in [-0.2, 0) is 10.0 Å². The van der Waals surface area contributed by atoms with Crippen molar-refractivity contribution in [2.75, 3.05) is 0 Å². The molecule has 0 aromatic heterocycles. The maximum Gasteiger partial charge on any atom is 0.241 e. The van der Waals surface area contributed by atoms with Crippen molar-refractivity contribution in [1.82, 2.24) is 9.56 Å². The van der Waals surface area contributed by atoms with E-state index < -0.39 is 27.9 Å². The molecule has 140 valence electrons. The molecule has 0 saturated heterocycles. The molecule has 0 bridgehead atoms. The summed E-state index contributed by atoms with van der Waals surface area (Å²) in [5.41, 5.74) is 1.56. The first-order valence-corrected chi connectivity index (χ1v) is 10.1. The van der Waals surface area contributed by atoms with Crippen molar-refractivity contribution < 1.29 is 12.8 Å². The van der Waals surface area contributed by atoms with Gasteiger partial charge in [-0.1, -0.05) is 60.7 Å². The third-order valence-electron chi connectivity index (χ3n) is 4.17. The Bertz CT molecular complexity index is 968. The molecular formula is C20H18ClFN2O2S. The summed E-state index contributed by atoms with van der Waals surface area (Å²) in [5, 5.41) is 0. The Morgan fingerprint density at radius 3 is 1.70 bits per heavy atom. The van der Waals surface area contributed by atoms with Crippen LogP contribution in [0.25, 0.3) is 0 Å². The molecule has 7 heteroatoms. The monoisotopic (exact) mass is 404 g/mol. The van der Waals surface area contributed by atoms with Crippen molar-refractivity contribution in [1.29, 1.82) is 0 Å². The molecule has 3 aromatic rings. The van der Waals surface area contributed by atoms with Gasteiger partial charge in [-0.15, -0.1) is 0 Å². The molecule has 0 spiro atoms. The fourth-order valence-electron chi connectivity index (χ4n) is 2.82. The summed E-state index contributed by atoms with van der Waals surface area (Å²) >= 11 is 6.01. The molecule has 27 heavy (non-hydrogen) atoms. The quantitative estimate of drug-likeness (QED) is 0.576. The van der Waals surface area contributed by atoms with Crippen LogP contribution in [0.5, 0.6) is 0 Å². The molecule has 0 aliphatic carbocycles. The molecule has 0 heterocycles. The zero-order valence-corrected chi connectivity index (χ0v) is 15.8. The maximum atomic E-state index is 13.2. The zero-order valence-electron chi connectivity index (χ0n) is 14.2. The Morgan fingerprint density at radius 2 is 1.22 bits per heavy atom. The van der Waals surface area contributed by atoms with Gasteiger partial charge >= 0.3 is 0 Å². The first kappa shape index (κ1) is 19.5. The zero-order chi connectivity index (χ0) is 19.3. The molecule has 3 rings (SSSR count). The van der Waals surface area contributed by atoms with E-state index in [4.69, 9.17) is 11.8 Å². The lowest BCUT2D eigenvalue weighted by Gasteiger charge is -2.27. The van der Waals surface area contributed by atoms with Gasteiger partial charge in [-0.2, -0.15) is 0 Å². The van der Waals surface area contributed by atoms with E-state index in [0.29, 0.717) is 0 Å². The van der Waals surface area contributed by atoms with Crippen LogP contribution in [0.3, 0.4) is 0 Å². The lowest BCUT2D eigenvalue weighted by atomic mass is 9.95. The van der Waals surface area contributed by atoms with Crippen molar-refractivity contribution in [3.8, 4) is 0 Å². The van der Waals surface area contributed by atoms with Crippen LogP contribution in [0.4, 0.5) is 4.39 Å². The van der Waals surface area contributed by atoms with Crippen molar-refractivity contribution in [3.63, 3.8) is 0 Å². The van der Waals surface area contributed by atoms with Gasteiger partial charge in [-0.05, 0) is 47.2 Å². The maximum absolute atomic E-state index is 13.2. The van der Waals surface area contributed by atoms with E-state index in [9.17, 15) is 12.8 Å². The van der Waals surface area contributed by atoms with E-state index in [-0.39, 0.29) is 4.90 Å². The lowest BCUT2D eigenvalue weighted by molar-refractivity contribution is 0.482. The second kappa shape index (κ2) is 8.63. The molecule has 0 fully saturated rings. The Morgan fingerprint density at radius 1 is 0.741 bits per heavy atom. The molecule has 0 saturated carbocycles. The molecule has 0 aliphatic heterocycles. The van der Waals surface area contributed by atoms with Crippen LogP contribution < -0.4 is 9.56 Å². The van der Waals surface area contributed by atoms with Gasteiger partial charge in [0.1, 0.15) is 5.82 Å². The minimum absolute atomic E-state index is 0.0220. The summed E-state index contributed by atoms with van der Waals surface area (Å²) < 4.78 is 41.6. The molecular weight excluding hydrogens is 387 g/mol. The van der Waals surface area contributed by atoms with E-state index in [1.54, 1.807) is 0 Å². The minimum atomic E-state index is -3.90. The number of hydrogen-bond acceptors (Lipinski definition) is 3. The number of benzene rings is 3. The van der Waals surface area contributed by atoms with Gasteiger partial charge in [0.25, 0.3) is 0 Å². The van der Waals surface area contributed by atoms with Crippen LogP contribution in [0.1, 0.15) is 23.2 Å². The van der Waals surface area contributed by atoms with Gasteiger partial charge in [-0.3, -0.25) is 0 Å². The average molecular weight is 405 g/mol. The smallest absolute Gasteiger partial charge is 0.224 e.